The Kier molecular flexibility index (Phi) is 5.37. The fraction of sp³-hybridized carbons (Fsp3) is 0.318. The molecule has 4 rings (SSSR count). The number of oxazole rings is 1. The van der Waals surface area contributed by atoms with Crippen molar-refractivity contribution < 1.29 is 13.9 Å². The molecule has 1 fully saturated rings. The monoisotopic (exact) mass is 377 g/mol. The van der Waals surface area contributed by atoms with Gasteiger partial charge in [-0.3, -0.25) is 9.78 Å². The summed E-state index contributed by atoms with van der Waals surface area (Å²) in [6.07, 6.45) is 6.02. The lowest BCUT2D eigenvalue weighted by Crippen LogP contribution is -2.39. The maximum atomic E-state index is 12.7. The number of ether oxygens (including phenoxy) is 1. The summed E-state index contributed by atoms with van der Waals surface area (Å²) in [5.41, 5.74) is 1.62. The van der Waals surface area contributed by atoms with Crippen molar-refractivity contribution in [3.8, 4) is 5.75 Å². The summed E-state index contributed by atoms with van der Waals surface area (Å²) in [6, 6.07) is 13.3. The molecule has 144 valence electrons. The lowest BCUT2D eigenvalue weighted by molar-refractivity contribution is 0.0692. The van der Waals surface area contributed by atoms with Gasteiger partial charge in [0.15, 0.2) is 5.89 Å². The third-order valence-corrected chi connectivity index (χ3v) is 5.05. The van der Waals surface area contributed by atoms with Gasteiger partial charge >= 0.3 is 0 Å². The highest BCUT2D eigenvalue weighted by atomic mass is 16.5. The number of rotatable bonds is 5. The number of carbonyl (C=O) groups is 1. The molecular weight excluding hydrogens is 354 g/mol. The maximum Gasteiger partial charge on any atom is 0.272 e. The Morgan fingerprint density at radius 2 is 2.07 bits per heavy atom. The quantitative estimate of drug-likeness (QED) is 0.678. The number of hydrogen-bond donors (Lipinski definition) is 0. The fourth-order valence-electron chi connectivity index (χ4n) is 3.55. The highest BCUT2D eigenvalue weighted by molar-refractivity contribution is 5.92. The van der Waals surface area contributed by atoms with Crippen molar-refractivity contribution in [1.29, 1.82) is 0 Å². The van der Waals surface area contributed by atoms with Crippen LogP contribution in [-0.2, 0) is 6.42 Å². The minimum Gasteiger partial charge on any atom is -0.497 e. The minimum absolute atomic E-state index is 0.0321. The standard InChI is InChI=1S/C22H23N3O3/c1-27-18-9-7-16(8-10-18)13-19-14-24-21(28-19)17-5-4-12-25(15-17)22(26)20-6-2-3-11-23-20/h2-3,6-11,14,17H,4-5,12-13,15H2,1H3/t17-/m1/s1. The van der Waals surface area contributed by atoms with E-state index >= 15 is 0 Å². The molecule has 3 aromatic rings. The summed E-state index contributed by atoms with van der Waals surface area (Å²) >= 11 is 0. The maximum absolute atomic E-state index is 12.7. The first-order valence-corrected chi connectivity index (χ1v) is 9.51. The van der Waals surface area contributed by atoms with E-state index in [-0.39, 0.29) is 11.8 Å². The Morgan fingerprint density at radius 3 is 2.82 bits per heavy atom. The Labute approximate surface area is 164 Å². The zero-order chi connectivity index (χ0) is 19.3. The zero-order valence-electron chi connectivity index (χ0n) is 15.9. The van der Waals surface area contributed by atoms with E-state index in [1.165, 1.54) is 0 Å². The van der Waals surface area contributed by atoms with E-state index in [4.69, 9.17) is 9.15 Å². The van der Waals surface area contributed by atoms with Gasteiger partial charge in [-0.1, -0.05) is 18.2 Å². The number of methoxy groups -OCH3 is 1. The summed E-state index contributed by atoms with van der Waals surface area (Å²) < 4.78 is 11.2. The molecule has 0 unspecified atom stereocenters. The highest BCUT2D eigenvalue weighted by Gasteiger charge is 2.28. The van der Waals surface area contributed by atoms with Gasteiger partial charge in [0, 0.05) is 25.7 Å². The number of nitrogens with zero attached hydrogens (tertiary/aromatic N) is 3. The van der Waals surface area contributed by atoms with Crippen molar-refractivity contribution in [1.82, 2.24) is 14.9 Å². The summed E-state index contributed by atoms with van der Waals surface area (Å²) in [6.45, 7) is 1.35. The van der Waals surface area contributed by atoms with Crippen molar-refractivity contribution in [3.05, 3.63) is 77.8 Å². The number of benzene rings is 1. The van der Waals surface area contributed by atoms with Crippen LogP contribution in [0.2, 0.25) is 0 Å². The van der Waals surface area contributed by atoms with E-state index in [9.17, 15) is 4.79 Å². The molecule has 1 aliphatic rings. The number of amides is 1. The van der Waals surface area contributed by atoms with E-state index in [1.807, 2.05) is 41.3 Å². The molecule has 0 saturated carbocycles. The molecule has 6 heteroatoms. The molecule has 1 saturated heterocycles. The van der Waals surface area contributed by atoms with Crippen LogP contribution >= 0.6 is 0 Å². The Bertz CT molecular complexity index is 922. The third-order valence-electron chi connectivity index (χ3n) is 5.05. The van der Waals surface area contributed by atoms with E-state index < -0.39 is 0 Å². The van der Waals surface area contributed by atoms with Crippen LogP contribution in [0.5, 0.6) is 5.75 Å². The van der Waals surface area contributed by atoms with Crippen LogP contribution in [-0.4, -0.2) is 41.0 Å². The zero-order valence-corrected chi connectivity index (χ0v) is 15.9. The summed E-state index contributed by atoms with van der Waals surface area (Å²) in [5.74, 6) is 2.46. The summed E-state index contributed by atoms with van der Waals surface area (Å²) in [5, 5.41) is 0. The highest BCUT2D eigenvalue weighted by Crippen LogP contribution is 2.28. The first-order chi connectivity index (χ1) is 13.7. The molecule has 1 aliphatic heterocycles. The van der Waals surface area contributed by atoms with Gasteiger partial charge in [-0.2, -0.15) is 0 Å². The van der Waals surface area contributed by atoms with Crippen molar-refractivity contribution in [2.24, 2.45) is 0 Å². The number of piperidine rings is 1. The van der Waals surface area contributed by atoms with Crippen LogP contribution in [0.3, 0.4) is 0 Å². The van der Waals surface area contributed by atoms with Crippen molar-refractivity contribution >= 4 is 5.91 Å². The largest absolute Gasteiger partial charge is 0.497 e. The molecule has 1 amide bonds. The average molecular weight is 377 g/mol. The van der Waals surface area contributed by atoms with Gasteiger partial charge in [-0.05, 0) is 42.7 Å². The summed E-state index contributed by atoms with van der Waals surface area (Å²) in [4.78, 5) is 23.2. The molecule has 2 aromatic heterocycles. The van der Waals surface area contributed by atoms with Crippen molar-refractivity contribution in [3.63, 3.8) is 0 Å². The third kappa shape index (κ3) is 4.06. The van der Waals surface area contributed by atoms with E-state index in [1.54, 1.807) is 25.6 Å². The number of hydrogen-bond acceptors (Lipinski definition) is 5. The normalized spacial score (nSPS) is 16.8. The summed E-state index contributed by atoms with van der Waals surface area (Å²) in [7, 11) is 1.66. The SMILES string of the molecule is COc1ccc(Cc2cnc([C@@H]3CCCN(C(=O)c4ccccn4)C3)o2)cc1. The van der Waals surface area contributed by atoms with Gasteiger partial charge in [0.1, 0.15) is 17.2 Å². The predicted molar refractivity (Wildman–Crippen MR) is 104 cm³/mol. The Morgan fingerprint density at radius 1 is 1.21 bits per heavy atom. The Balaban J connectivity index is 1.42. The van der Waals surface area contributed by atoms with E-state index in [0.29, 0.717) is 24.6 Å². The molecule has 6 nitrogen and oxygen atoms in total. The fourth-order valence-corrected chi connectivity index (χ4v) is 3.55. The smallest absolute Gasteiger partial charge is 0.272 e. The van der Waals surface area contributed by atoms with Crippen LogP contribution < -0.4 is 4.74 Å². The van der Waals surface area contributed by atoms with Gasteiger partial charge in [0.2, 0.25) is 0 Å². The van der Waals surface area contributed by atoms with Crippen LogP contribution in [0.25, 0.3) is 0 Å². The Hall–Kier alpha value is -3.15. The molecule has 3 heterocycles. The van der Waals surface area contributed by atoms with Crippen molar-refractivity contribution in [2.45, 2.75) is 25.2 Å². The lowest BCUT2D eigenvalue weighted by Gasteiger charge is -2.31. The van der Waals surface area contributed by atoms with Gasteiger partial charge in [0.25, 0.3) is 5.91 Å². The molecule has 0 spiro atoms. The van der Waals surface area contributed by atoms with Gasteiger partial charge in [0.05, 0.1) is 19.2 Å². The van der Waals surface area contributed by atoms with E-state index in [2.05, 4.69) is 9.97 Å². The molecule has 28 heavy (non-hydrogen) atoms. The molecule has 0 radical (unpaired) electrons. The average Bonchev–Trinajstić information content (AvgIpc) is 3.23. The van der Waals surface area contributed by atoms with Gasteiger partial charge in [-0.25, -0.2) is 4.98 Å². The number of likely N-dealkylation sites (tertiary alicyclic amines) is 1. The van der Waals surface area contributed by atoms with E-state index in [0.717, 1.165) is 36.5 Å². The van der Waals surface area contributed by atoms with Crippen molar-refractivity contribution in [2.75, 3.05) is 20.2 Å². The lowest BCUT2D eigenvalue weighted by atomic mass is 9.97. The van der Waals surface area contributed by atoms with Crippen LogP contribution in [0, 0.1) is 0 Å². The molecule has 0 N–H and O–H groups in total. The second-order valence-corrected chi connectivity index (χ2v) is 6.99. The molecule has 1 aromatic carbocycles. The van der Waals surface area contributed by atoms with Gasteiger partial charge < -0.3 is 14.1 Å². The second-order valence-electron chi connectivity index (χ2n) is 6.99. The molecular formula is C22H23N3O3. The first-order valence-electron chi connectivity index (χ1n) is 9.51. The van der Waals surface area contributed by atoms with Crippen LogP contribution in [0.1, 0.15) is 46.5 Å². The molecule has 0 bridgehead atoms. The number of aromatic nitrogens is 2. The van der Waals surface area contributed by atoms with Crippen LogP contribution in [0.4, 0.5) is 0 Å². The number of carbonyl (C=O) groups excluding carboxylic acids is 1. The molecule has 0 aliphatic carbocycles. The molecule has 1 atom stereocenters. The number of pyridine rings is 1. The first kappa shape index (κ1) is 18.2. The predicted octanol–water partition coefficient (Wildman–Crippen LogP) is 3.69. The second kappa shape index (κ2) is 8.25. The minimum atomic E-state index is -0.0321. The topological polar surface area (TPSA) is 68.5 Å². The van der Waals surface area contributed by atoms with Gasteiger partial charge in [-0.15, -0.1) is 0 Å². The van der Waals surface area contributed by atoms with Crippen LogP contribution in [0.15, 0.2) is 59.3 Å².